The molecule has 1 heterocycles. The lowest BCUT2D eigenvalue weighted by Gasteiger charge is -1.98. The molecule has 0 fully saturated rings. The molecule has 1 unspecified atom stereocenters. The van der Waals surface area contributed by atoms with Gasteiger partial charge in [-0.05, 0) is 11.6 Å². The second-order valence-corrected chi connectivity index (χ2v) is 4.20. The van der Waals surface area contributed by atoms with E-state index in [0.717, 1.165) is 23.3 Å². The SMILES string of the molecule is CC(CC=O)c1cc(/C=C/c2ccccc2)no1. The van der Waals surface area contributed by atoms with Crippen LogP contribution < -0.4 is 0 Å². The number of rotatable bonds is 5. The summed E-state index contributed by atoms with van der Waals surface area (Å²) in [5, 5.41) is 3.96. The molecule has 0 bridgehead atoms. The van der Waals surface area contributed by atoms with Crippen molar-refractivity contribution in [3.05, 3.63) is 53.4 Å². The molecule has 1 aromatic carbocycles. The summed E-state index contributed by atoms with van der Waals surface area (Å²) in [7, 11) is 0. The monoisotopic (exact) mass is 241 g/mol. The minimum Gasteiger partial charge on any atom is -0.361 e. The number of carbonyl (C=O) groups is 1. The highest BCUT2D eigenvalue weighted by molar-refractivity contribution is 5.67. The Bertz CT molecular complexity index is 528. The van der Waals surface area contributed by atoms with Crippen LogP contribution >= 0.6 is 0 Å². The van der Waals surface area contributed by atoms with Crippen LogP contribution in [0.2, 0.25) is 0 Å². The fraction of sp³-hybridized carbons (Fsp3) is 0.200. The van der Waals surface area contributed by atoms with Gasteiger partial charge in [-0.2, -0.15) is 0 Å². The van der Waals surface area contributed by atoms with E-state index in [1.54, 1.807) is 0 Å². The van der Waals surface area contributed by atoms with Crippen LogP contribution in [-0.4, -0.2) is 11.4 Å². The van der Waals surface area contributed by atoms with Crippen LogP contribution in [0.3, 0.4) is 0 Å². The molecule has 1 aromatic heterocycles. The van der Waals surface area contributed by atoms with Crippen LogP contribution in [-0.2, 0) is 4.79 Å². The van der Waals surface area contributed by atoms with Gasteiger partial charge >= 0.3 is 0 Å². The van der Waals surface area contributed by atoms with Gasteiger partial charge in [-0.1, -0.05) is 48.5 Å². The van der Waals surface area contributed by atoms with Crippen molar-refractivity contribution >= 4 is 18.4 Å². The Morgan fingerprint density at radius 1 is 1.28 bits per heavy atom. The van der Waals surface area contributed by atoms with Crippen molar-refractivity contribution in [3.8, 4) is 0 Å². The third-order valence-electron chi connectivity index (χ3n) is 2.73. The molecule has 0 spiro atoms. The zero-order valence-corrected chi connectivity index (χ0v) is 10.2. The number of aldehydes is 1. The Morgan fingerprint density at radius 3 is 2.78 bits per heavy atom. The summed E-state index contributed by atoms with van der Waals surface area (Å²) in [5.41, 5.74) is 1.88. The third kappa shape index (κ3) is 3.17. The van der Waals surface area contributed by atoms with E-state index in [4.69, 9.17) is 4.52 Å². The van der Waals surface area contributed by atoms with Crippen molar-refractivity contribution in [3.63, 3.8) is 0 Å². The highest BCUT2D eigenvalue weighted by atomic mass is 16.5. The molecule has 0 N–H and O–H groups in total. The number of hydrogen-bond acceptors (Lipinski definition) is 3. The van der Waals surface area contributed by atoms with Crippen LogP contribution in [0.25, 0.3) is 12.2 Å². The second-order valence-electron chi connectivity index (χ2n) is 4.20. The van der Waals surface area contributed by atoms with Gasteiger partial charge < -0.3 is 9.32 Å². The molecular formula is C15H15NO2. The lowest BCUT2D eigenvalue weighted by atomic mass is 10.1. The fourth-order valence-electron chi connectivity index (χ4n) is 1.62. The summed E-state index contributed by atoms with van der Waals surface area (Å²) in [6.07, 6.45) is 5.23. The van der Waals surface area contributed by atoms with Gasteiger partial charge in [0.05, 0.1) is 0 Å². The maximum Gasteiger partial charge on any atom is 0.140 e. The Hall–Kier alpha value is -2.16. The van der Waals surface area contributed by atoms with Crippen molar-refractivity contribution in [2.24, 2.45) is 0 Å². The zero-order chi connectivity index (χ0) is 12.8. The average Bonchev–Trinajstić information content (AvgIpc) is 2.87. The molecule has 3 heteroatoms. The minimum absolute atomic E-state index is 0.0777. The smallest absolute Gasteiger partial charge is 0.140 e. The lowest BCUT2D eigenvalue weighted by Crippen LogP contribution is -1.91. The number of aromatic nitrogens is 1. The Labute approximate surface area is 106 Å². The van der Waals surface area contributed by atoms with E-state index in [2.05, 4.69) is 5.16 Å². The summed E-state index contributed by atoms with van der Waals surface area (Å²) in [5.74, 6) is 0.823. The first-order valence-electron chi connectivity index (χ1n) is 5.93. The quantitative estimate of drug-likeness (QED) is 0.752. The zero-order valence-electron chi connectivity index (χ0n) is 10.2. The van der Waals surface area contributed by atoms with Crippen LogP contribution in [0.15, 0.2) is 40.9 Å². The van der Waals surface area contributed by atoms with Gasteiger partial charge in [0.1, 0.15) is 17.7 Å². The maximum absolute atomic E-state index is 10.4. The molecule has 0 amide bonds. The van der Waals surface area contributed by atoms with Crippen molar-refractivity contribution in [1.82, 2.24) is 5.16 Å². The van der Waals surface area contributed by atoms with Gasteiger partial charge in [-0.15, -0.1) is 0 Å². The average molecular weight is 241 g/mol. The molecule has 0 aliphatic heterocycles. The molecular weight excluding hydrogens is 226 g/mol. The molecule has 0 aliphatic rings. The minimum atomic E-state index is 0.0777. The van der Waals surface area contributed by atoms with Gasteiger partial charge in [0.25, 0.3) is 0 Å². The van der Waals surface area contributed by atoms with E-state index in [9.17, 15) is 4.79 Å². The Morgan fingerprint density at radius 2 is 2.06 bits per heavy atom. The van der Waals surface area contributed by atoms with Gasteiger partial charge in [0.15, 0.2) is 0 Å². The maximum atomic E-state index is 10.4. The number of hydrogen-bond donors (Lipinski definition) is 0. The molecule has 0 radical (unpaired) electrons. The largest absolute Gasteiger partial charge is 0.361 e. The van der Waals surface area contributed by atoms with Crippen LogP contribution in [0.1, 0.15) is 36.3 Å². The molecule has 92 valence electrons. The number of carbonyl (C=O) groups excluding carboxylic acids is 1. The summed E-state index contributed by atoms with van der Waals surface area (Å²) in [6, 6.07) is 11.9. The first kappa shape index (κ1) is 12.3. The molecule has 0 saturated carbocycles. The first-order chi connectivity index (χ1) is 8.79. The highest BCUT2D eigenvalue weighted by Gasteiger charge is 2.10. The van der Waals surface area contributed by atoms with Crippen molar-refractivity contribution in [1.29, 1.82) is 0 Å². The van der Waals surface area contributed by atoms with Gasteiger partial charge in [0.2, 0.25) is 0 Å². The van der Waals surface area contributed by atoms with Crippen molar-refractivity contribution in [2.45, 2.75) is 19.3 Å². The molecule has 2 aromatic rings. The molecule has 1 atom stereocenters. The third-order valence-corrected chi connectivity index (χ3v) is 2.73. The highest BCUT2D eigenvalue weighted by Crippen LogP contribution is 2.19. The van der Waals surface area contributed by atoms with E-state index < -0.39 is 0 Å². The van der Waals surface area contributed by atoms with Crippen molar-refractivity contribution < 1.29 is 9.32 Å². The fourth-order valence-corrected chi connectivity index (χ4v) is 1.62. The van der Waals surface area contributed by atoms with Gasteiger partial charge in [-0.25, -0.2) is 0 Å². The number of benzene rings is 1. The van der Waals surface area contributed by atoms with E-state index in [1.807, 2.05) is 55.5 Å². The predicted molar refractivity (Wildman–Crippen MR) is 71.0 cm³/mol. The van der Waals surface area contributed by atoms with E-state index in [-0.39, 0.29) is 5.92 Å². The molecule has 2 rings (SSSR count). The normalized spacial score (nSPS) is 12.7. The molecule has 3 nitrogen and oxygen atoms in total. The molecule has 18 heavy (non-hydrogen) atoms. The Kier molecular flexibility index (Phi) is 4.07. The topological polar surface area (TPSA) is 43.1 Å². The van der Waals surface area contributed by atoms with E-state index in [0.29, 0.717) is 6.42 Å². The van der Waals surface area contributed by atoms with Gasteiger partial charge in [0, 0.05) is 18.4 Å². The van der Waals surface area contributed by atoms with Crippen molar-refractivity contribution in [2.75, 3.05) is 0 Å². The van der Waals surface area contributed by atoms with E-state index in [1.165, 1.54) is 0 Å². The first-order valence-corrected chi connectivity index (χ1v) is 5.93. The van der Waals surface area contributed by atoms with Crippen LogP contribution in [0.4, 0.5) is 0 Å². The lowest BCUT2D eigenvalue weighted by molar-refractivity contribution is -0.108. The summed E-state index contributed by atoms with van der Waals surface area (Å²) in [6.45, 7) is 1.94. The molecule has 0 aliphatic carbocycles. The van der Waals surface area contributed by atoms with E-state index >= 15 is 0 Å². The van der Waals surface area contributed by atoms with Crippen LogP contribution in [0.5, 0.6) is 0 Å². The summed E-state index contributed by atoms with van der Waals surface area (Å²) >= 11 is 0. The van der Waals surface area contributed by atoms with Gasteiger partial charge in [-0.3, -0.25) is 0 Å². The standard InChI is InChI=1S/C15H15NO2/c1-12(9-10-17)15-11-14(16-18-15)8-7-13-5-3-2-4-6-13/h2-8,10-12H,9H2,1H3/b8-7+. The predicted octanol–water partition coefficient (Wildman–Crippen LogP) is 3.54. The van der Waals surface area contributed by atoms with Crippen LogP contribution in [0, 0.1) is 0 Å². The summed E-state index contributed by atoms with van der Waals surface area (Å²) in [4.78, 5) is 10.4. The Balaban J connectivity index is 2.07. The number of nitrogens with zero attached hydrogens (tertiary/aromatic N) is 1. The summed E-state index contributed by atoms with van der Waals surface area (Å²) < 4.78 is 5.21. The molecule has 0 saturated heterocycles. The second kappa shape index (κ2) is 5.96.